The Balaban J connectivity index is 1.53. The molecule has 6 nitrogen and oxygen atoms in total. The number of hydrogen-bond acceptors (Lipinski definition) is 3. The number of halogens is 1. The second kappa shape index (κ2) is 7.76. The molecule has 0 spiro atoms. The summed E-state index contributed by atoms with van der Waals surface area (Å²) < 4.78 is 13.3. The van der Waals surface area contributed by atoms with Crippen LogP contribution in [0.2, 0.25) is 0 Å². The molecule has 1 saturated carbocycles. The molecule has 1 aliphatic carbocycles. The van der Waals surface area contributed by atoms with E-state index in [2.05, 4.69) is 5.32 Å². The minimum absolute atomic E-state index is 0.156. The highest BCUT2D eigenvalue weighted by molar-refractivity contribution is 6.09. The van der Waals surface area contributed by atoms with Crippen LogP contribution in [-0.4, -0.2) is 46.8 Å². The summed E-state index contributed by atoms with van der Waals surface area (Å²) in [4.78, 5) is 41.9. The number of nitrogens with zero attached hydrogens (tertiary/aromatic N) is 2. The van der Waals surface area contributed by atoms with E-state index in [1.54, 1.807) is 6.92 Å². The van der Waals surface area contributed by atoms with Gasteiger partial charge in [-0.25, -0.2) is 9.18 Å². The molecule has 0 aromatic heterocycles. The summed E-state index contributed by atoms with van der Waals surface area (Å²) in [5.41, 5.74) is -0.722. The first-order chi connectivity index (χ1) is 14.0. The van der Waals surface area contributed by atoms with Gasteiger partial charge in [0.2, 0.25) is 5.91 Å². The third kappa shape index (κ3) is 3.40. The normalized spacial score (nSPS) is 29.6. The van der Waals surface area contributed by atoms with Crippen molar-refractivity contribution in [2.75, 3.05) is 13.1 Å². The minimum Gasteiger partial charge on any atom is -0.338 e. The SMILES string of the molecule is CC[C@]1(c2ccc(F)cc2)NC(=O)N(CC(=O)N2CCC[C@@H]3CCCC[C@@H]32)C1=O. The standard InChI is InChI=1S/C22H28FN3O3/c1-2-22(16-9-11-17(23)12-10-16)20(28)26(21(29)24-22)14-19(27)25-13-5-7-15-6-3-4-8-18(15)25/h9-12,15,18H,2-8,13-14H2,1H3,(H,24,29)/t15-,18-,22+/m0/s1. The molecule has 3 atom stereocenters. The summed E-state index contributed by atoms with van der Waals surface area (Å²) in [5, 5.41) is 2.76. The van der Waals surface area contributed by atoms with E-state index in [-0.39, 0.29) is 18.5 Å². The zero-order valence-electron chi connectivity index (χ0n) is 16.8. The second-order valence-electron chi connectivity index (χ2n) is 8.43. The van der Waals surface area contributed by atoms with Gasteiger partial charge in [-0.2, -0.15) is 0 Å². The maximum atomic E-state index is 13.3. The number of carbonyl (C=O) groups is 3. The molecule has 1 aromatic rings. The van der Waals surface area contributed by atoms with Crippen LogP contribution in [-0.2, 0) is 15.1 Å². The van der Waals surface area contributed by atoms with Crippen LogP contribution in [0.3, 0.4) is 0 Å². The van der Waals surface area contributed by atoms with Crippen molar-refractivity contribution in [2.24, 2.45) is 5.92 Å². The van der Waals surface area contributed by atoms with Crippen molar-refractivity contribution in [1.82, 2.24) is 15.1 Å². The van der Waals surface area contributed by atoms with E-state index in [0.29, 0.717) is 24.4 Å². The summed E-state index contributed by atoms with van der Waals surface area (Å²) in [6, 6.07) is 5.25. The van der Waals surface area contributed by atoms with Crippen molar-refractivity contribution in [2.45, 2.75) is 63.5 Å². The maximum Gasteiger partial charge on any atom is 0.325 e. The highest BCUT2D eigenvalue weighted by Crippen LogP contribution is 2.36. The van der Waals surface area contributed by atoms with Crippen LogP contribution >= 0.6 is 0 Å². The number of nitrogens with one attached hydrogen (secondary N) is 1. The zero-order valence-corrected chi connectivity index (χ0v) is 16.8. The van der Waals surface area contributed by atoms with Crippen LogP contribution in [0.25, 0.3) is 0 Å². The van der Waals surface area contributed by atoms with Gasteiger partial charge in [0.25, 0.3) is 5.91 Å². The predicted molar refractivity (Wildman–Crippen MR) is 105 cm³/mol. The van der Waals surface area contributed by atoms with Crippen LogP contribution in [0.4, 0.5) is 9.18 Å². The molecule has 1 aromatic carbocycles. The third-order valence-electron chi connectivity index (χ3n) is 6.90. The first kappa shape index (κ1) is 19.9. The van der Waals surface area contributed by atoms with Gasteiger partial charge in [-0.05, 0) is 55.7 Å². The molecular formula is C22H28FN3O3. The number of carbonyl (C=O) groups excluding carboxylic acids is 3. The largest absolute Gasteiger partial charge is 0.338 e. The molecule has 4 rings (SSSR count). The Labute approximate surface area is 170 Å². The summed E-state index contributed by atoms with van der Waals surface area (Å²) in [7, 11) is 0. The first-order valence-electron chi connectivity index (χ1n) is 10.7. The molecule has 3 fully saturated rings. The number of urea groups is 1. The molecule has 1 N–H and O–H groups in total. The van der Waals surface area contributed by atoms with Crippen molar-refractivity contribution in [1.29, 1.82) is 0 Å². The predicted octanol–water partition coefficient (Wildman–Crippen LogP) is 3.16. The van der Waals surface area contributed by atoms with Gasteiger partial charge in [0.15, 0.2) is 0 Å². The fourth-order valence-electron chi connectivity index (χ4n) is 5.30. The number of amides is 4. The topological polar surface area (TPSA) is 69.7 Å². The lowest BCUT2D eigenvalue weighted by Crippen LogP contribution is -2.53. The molecule has 4 amide bonds. The Morgan fingerprint density at radius 3 is 2.55 bits per heavy atom. The van der Waals surface area contributed by atoms with Crippen LogP contribution < -0.4 is 5.32 Å². The van der Waals surface area contributed by atoms with Crippen molar-refractivity contribution >= 4 is 17.8 Å². The summed E-state index contributed by atoms with van der Waals surface area (Å²) >= 11 is 0. The van der Waals surface area contributed by atoms with Gasteiger partial charge in [0.05, 0.1) is 0 Å². The average Bonchev–Trinajstić information content (AvgIpc) is 2.99. The van der Waals surface area contributed by atoms with E-state index in [9.17, 15) is 18.8 Å². The second-order valence-corrected chi connectivity index (χ2v) is 8.43. The number of imide groups is 1. The number of rotatable bonds is 4. The van der Waals surface area contributed by atoms with Crippen LogP contribution in [0, 0.1) is 11.7 Å². The molecule has 0 unspecified atom stereocenters. The van der Waals surface area contributed by atoms with Gasteiger partial charge >= 0.3 is 6.03 Å². The first-order valence-corrected chi connectivity index (χ1v) is 10.7. The molecule has 29 heavy (non-hydrogen) atoms. The number of hydrogen-bond donors (Lipinski definition) is 1. The minimum atomic E-state index is -1.25. The number of benzene rings is 1. The van der Waals surface area contributed by atoms with Gasteiger partial charge in [0.1, 0.15) is 17.9 Å². The van der Waals surface area contributed by atoms with E-state index in [1.807, 2.05) is 4.90 Å². The Bertz CT molecular complexity index is 810. The van der Waals surface area contributed by atoms with E-state index < -0.39 is 23.3 Å². The zero-order chi connectivity index (χ0) is 20.6. The van der Waals surface area contributed by atoms with Crippen LogP contribution in [0.15, 0.2) is 24.3 Å². The fraction of sp³-hybridized carbons (Fsp3) is 0.591. The monoisotopic (exact) mass is 401 g/mol. The van der Waals surface area contributed by atoms with E-state index in [0.717, 1.165) is 37.0 Å². The fourth-order valence-corrected chi connectivity index (χ4v) is 5.30. The van der Waals surface area contributed by atoms with Crippen LogP contribution in [0.1, 0.15) is 57.4 Å². The Morgan fingerprint density at radius 2 is 1.83 bits per heavy atom. The van der Waals surface area contributed by atoms with Gasteiger partial charge in [-0.3, -0.25) is 14.5 Å². The molecule has 0 bridgehead atoms. The van der Waals surface area contributed by atoms with Crippen molar-refractivity contribution in [3.05, 3.63) is 35.6 Å². The molecule has 3 aliphatic rings. The maximum absolute atomic E-state index is 13.3. The number of fused-ring (bicyclic) bond motifs is 1. The highest BCUT2D eigenvalue weighted by Gasteiger charge is 2.52. The lowest BCUT2D eigenvalue weighted by molar-refractivity contribution is -0.143. The van der Waals surface area contributed by atoms with E-state index in [4.69, 9.17) is 0 Å². The lowest BCUT2D eigenvalue weighted by atomic mass is 9.78. The van der Waals surface area contributed by atoms with Crippen molar-refractivity contribution < 1.29 is 18.8 Å². The Hall–Kier alpha value is -2.44. The summed E-state index contributed by atoms with van der Waals surface area (Å²) in [6.07, 6.45) is 6.95. The average molecular weight is 401 g/mol. The molecular weight excluding hydrogens is 373 g/mol. The lowest BCUT2D eigenvalue weighted by Gasteiger charge is -2.44. The molecule has 2 saturated heterocycles. The van der Waals surface area contributed by atoms with Gasteiger partial charge in [-0.15, -0.1) is 0 Å². The molecule has 7 heteroatoms. The molecule has 156 valence electrons. The quantitative estimate of drug-likeness (QED) is 0.788. The van der Waals surface area contributed by atoms with E-state index >= 15 is 0 Å². The highest BCUT2D eigenvalue weighted by atomic mass is 19.1. The van der Waals surface area contributed by atoms with Gasteiger partial charge in [0, 0.05) is 12.6 Å². The molecule has 2 aliphatic heterocycles. The number of likely N-dealkylation sites (tertiary alicyclic amines) is 1. The van der Waals surface area contributed by atoms with Gasteiger partial charge < -0.3 is 10.2 Å². The summed E-state index contributed by atoms with van der Waals surface area (Å²) in [5.74, 6) is -0.465. The van der Waals surface area contributed by atoms with Crippen molar-refractivity contribution in [3.8, 4) is 0 Å². The Morgan fingerprint density at radius 1 is 1.14 bits per heavy atom. The molecule has 2 heterocycles. The summed E-state index contributed by atoms with van der Waals surface area (Å²) in [6.45, 7) is 2.25. The smallest absolute Gasteiger partial charge is 0.325 e. The molecule has 0 radical (unpaired) electrons. The number of piperidine rings is 1. The Kier molecular flexibility index (Phi) is 5.32. The van der Waals surface area contributed by atoms with E-state index in [1.165, 1.54) is 30.7 Å². The third-order valence-corrected chi connectivity index (χ3v) is 6.90. The van der Waals surface area contributed by atoms with Gasteiger partial charge in [-0.1, -0.05) is 31.9 Å². The van der Waals surface area contributed by atoms with Crippen LogP contribution in [0.5, 0.6) is 0 Å². The van der Waals surface area contributed by atoms with Crippen molar-refractivity contribution in [3.63, 3.8) is 0 Å².